The molecule has 0 aromatic heterocycles. The number of rotatable bonds is 3. The molecule has 0 unspecified atom stereocenters. The van der Waals surface area contributed by atoms with Gasteiger partial charge in [0.25, 0.3) is 0 Å². The standard InChI is InChI=1S/C14H15ClO3/c1-17-12(16)13(5-6-13)14(8-18-9-14)10-3-2-4-11(15)7-10/h2-4,7H,5-6,8-9H2,1H3. The van der Waals surface area contributed by atoms with Gasteiger partial charge in [-0.25, -0.2) is 0 Å². The van der Waals surface area contributed by atoms with Crippen LogP contribution in [0.2, 0.25) is 5.02 Å². The minimum absolute atomic E-state index is 0.120. The van der Waals surface area contributed by atoms with Crippen molar-refractivity contribution in [3.63, 3.8) is 0 Å². The Labute approximate surface area is 111 Å². The quantitative estimate of drug-likeness (QED) is 0.789. The lowest BCUT2D eigenvalue weighted by Crippen LogP contribution is -2.56. The van der Waals surface area contributed by atoms with Crippen LogP contribution in [0.5, 0.6) is 0 Å². The van der Waals surface area contributed by atoms with Crippen molar-refractivity contribution in [2.24, 2.45) is 5.41 Å². The zero-order valence-electron chi connectivity index (χ0n) is 10.2. The first-order chi connectivity index (χ1) is 8.64. The fourth-order valence-corrected chi connectivity index (χ4v) is 3.20. The molecule has 4 heteroatoms. The normalized spacial score (nSPS) is 23.0. The summed E-state index contributed by atoms with van der Waals surface area (Å²) in [6, 6.07) is 7.73. The van der Waals surface area contributed by atoms with Crippen LogP contribution in [0.1, 0.15) is 18.4 Å². The van der Waals surface area contributed by atoms with E-state index in [9.17, 15) is 4.79 Å². The summed E-state index contributed by atoms with van der Waals surface area (Å²) in [4.78, 5) is 12.1. The summed E-state index contributed by atoms with van der Waals surface area (Å²) in [6.07, 6.45) is 1.74. The van der Waals surface area contributed by atoms with Crippen LogP contribution in [0.4, 0.5) is 0 Å². The SMILES string of the molecule is COC(=O)C1(C2(c3cccc(Cl)c3)COC2)CC1. The number of hydrogen-bond acceptors (Lipinski definition) is 3. The number of hydrogen-bond donors (Lipinski definition) is 0. The third kappa shape index (κ3) is 1.44. The highest BCUT2D eigenvalue weighted by molar-refractivity contribution is 6.30. The van der Waals surface area contributed by atoms with Crippen LogP contribution in [0, 0.1) is 5.41 Å². The van der Waals surface area contributed by atoms with E-state index in [0.717, 1.165) is 18.4 Å². The number of esters is 1. The molecule has 1 aromatic carbocycles. The summed E-state index contributed by atoms with van der Waals surface area (Å²) >= 11 is 6.06. The van der Waals surface area contributed by atoms with E-state index in [1.807, 2.05) is 24.3 Å². The van der Waals surface area contributed by atoms with Gasteiger partial charge in [-0.05, 0) is 30.5 Å². The van der Waals surface area contributed by atoms with E-state index in [0.29, 0.717) is 18.2 Å². The van der Waals surface area contributed by atoms with Gasteiger partial charge in [-0.2, -0.15) is 0 Å². The Balaban J connectivity index is 2.03. The van der Waals surface area contributed by atoms with Crippen LogP contribution in [0.3, 0.4) is 0 Å². The van der Waals surface area contributed by atoms with Crippen molar-refractivity contribution in [3.8, 4) is 0 Å². The molecule has 1 saturated carbocycles. The Hall–Kier alpha value is -1.06. The summed E-state index contributed by atoms with van der Waals surface area (Å²) in [5.41, 5.74) is 0.444. The highest BCUT2D eigenvalue weighted by Gasteiger charge is 2.68. The molecule has 0 N–H and O–H groups in total. The molecule has 96 valence electrons. The summed E-state index contributed by atoms with van der Waals surface area (Å²) < 4.78 is 10.4. The predicted molar refractivity (Wildman–Crippen MR) is 67.6 cm³/mol. The maximum absolute atomic E-state index is 12.1. The zero-order chi connectivity index (χ0) is 12.8. The molecule has 0 radical (unpaired) electrons. The second kappa shape index (κ2) is 3.97. The third-order valence-corrected chi connectivity index (χ3v) is 4.55. The van der Waals surface area contributed by atoms with E-state index >= 15 is 0 Å². The lowest BCUT2D eigenvalue weighted by atomic mass is 9.66. The third-order valence-electron chi connectivity index (χ3n) is 4.32. The van der Waals surface area contributed by atoms with Crippen LogP contribution in [-0.2, 0) is 19.7 Å². The van der Waals surface area contributed by atoms with E-state index in [1.165, 1.54) is 7.11 Å². The second-order valence-corrected chi connectivity index (χ2v) is 5.60. The van der Waals surface area contributed by atoms with Gasteiger partial charge in [-0.15, -0.1) is 0 Å². The molecular weight excluding hydrogens is 252 g/mol. The number of benzene rings is 1. The van der Waals surface area contributed by atoms with Crippen molar-refractivity contribution in [3.05, 3.63) is 34.9 Å². The average Bonchev–Trinajstić information content (AvgIpc) is 3.08. The summed E-state index contributed by atoms with van der Waals surface area (Å²) in [5.74, 6) is -0.120. The molecule has 0 spiro atoms. The Morgan fingerprint density at radius 3 is 2.56 bits per heavy atom. The Bertz CT molecular complexity index is 490. The molecule has 1 saturated heterocycles. The molecule has 1 aliphatic carbocycles. The molecule has 2 aliphatic rings. The van der Waals surface area contributed by atoms with E-state index < -0.39 is 5.41 Å². The fourth-order valence-electron chi connectivity index (χ4n) is 3.01. The molecule has 0 atom stereocenters. The number of methoxy groups -OCH3 is 1. The molecule has 3 rings (SSSR count). The first-order valence-electron chi connectivity index (χ1n) is 6.07. The molecule has 1 aromatic rings. The number of ether oxygens (including phenoxy) is 2. The monoisotopic (exact) mass is 266 g/mol. The van der Waals surface area contributed by atoms with Gasteiger partial charge < -0.3 is 9.47 Å². The van der Waals surface area contributed by atoms with E-state index in [-0.39, 0.29) is 11.4 Å². The Morgan fingerprint density at radius 2 is 2.11 bits per heavy atom. The van der Waals surface area contributed by atoms with Gasteiger partial charge in [0.2, 0.25) is 0 Å². The largest absolute Gasteiger partial charge is 0.469 e. The highest BCUT2D eigenvalue weighted by atomic mass is 35.5. The van der Waals surface area contributed by atoms with Crippen molar-refractivity contribution >= 4 is 17.6 Å². The van der Waals surface area contributed by atoms with Crippen LogP contribution >= 0.6 is 11.6 Å². The van der Waals surface area contributed by atoms with Gasteiger partial charge in [0.15, 0.2) is 0 Å². The second-order valence-electron chi connectivity index (χ2n) is 5.16. The lowest BCUT2D eigenvalue weighted by molar-refractivity contribution is -0.164. The molecule has 3 nitrogen and oxygen atoms in total. The first-order valence-corrected chi connectivity index (χ1v) is 6.45. The van der Waals surface area contributed by atoms with E-state index in [2.05, 4.69) is 0 Å². The van der Waals surface area contributed by atoms with Gasteiger partial charge in [-0.3, -0.25) is 4.79 Å². The first kappa shape index (κ1) is 12.0. The molecular formula is C14H15ClO3. The minimum Gasteiger partial charge on any atom is -0.469 e. The zero-order valence-corrected chi connectivity index (χ0v) is 11.0. The van der Waals surface area contributed by atoms with Gasteiger partial charge >= 0.3 is 5.97 Å². The number of halogens is 1. The topological polar surface area (TPSA) is 35.5 Å². The lowest BCUT2D eigenvalue weighted by Gasteiger charge is -2.47. The molecule has 1 aliphatic heterocycles. The summed E-state index contributed by atoms with van der Waals surface area (Å²) in [7, 11) is 1.45. The smallest absolute Gasteiger partial charge is 0.312 e. The van der Waals surface area contributed by atoms with Crippen LogP contribution in [0.15, 0.2) is 24.3 Å². The van der Waals surface area contributed by atoms with Crippen molar-refractivity contribution in [2.45, 2.75) is 18.3 Å². The molecule has 18 heavy (non-hydrogen) atoms. The van der Waals surface area contributed by atoms with Gasteiger partial charge in [0.05, 0.1) is 31.2 Å². The molecule has 2 fully saturated rings. The van der Waals surface area contributed by atoms with Crippen molar-refractivity contribution in [1.82, 2.24) is 0 Å². The average molecular weight is 267 g/mol. The van der Waals surface area contributed by atoms with Crippen molar-refractivity contribution in [1.29, 1.82) is 0 Å². The number of carbonyl (C=O) groups is 1. The van der Waals surface area contributed by atoms with Crippen LogP contribution < -0.4 is 0 Å². The van der Waals surface area contributed by atoms with E-state index in [1.54, 1.807) is 0 Å². The minimum atomic E-state index is -0.398. The highest BCUT2D eigenvalue weighted by Crippen LogP contribution is 2.63. The number of carbonyl (C=O) groups excluding carboxylic acids is 1. The molecule has 1 heterocycles. The van der Waals surface area contributed by atoms with Gasteiger partial charge in [0.1, 0.15) is 0 Å². The molecule has 0 amide bonds. The van der Waals surface area contributed by atoms with Gasteiger partial charge in [0, 0.05) is 5.02 Å². The Kier molecular flexibility index (Phi) is 2.65. The van der Waals surface area contributed by atoms with Crippen LogP contribution in [0.25, 0.3) is 0 Å². The van der Waals surface area contributed by atoms with Crippen LogP contribution in [-0.4, -0.2) is 26.3 Å². The van der Waals surface area contributed by atoms with Gasteiger partial charge in [-0.1, -0.05) is 23.7 Å². The van der Waals surface area contributed by atoms with Crippen molar-refractivity contribution < 1.29 is 14.3 Å². The molecule has 0 bridgehead atoms. The summed E-state index contributed by atoms with van der Waals surface area (Å²) in [5, 5.41) is 0.694. The predicted octanol–water partition coefficient (Wildman–Crippen LogP) is 2.56. The van der Waals surface area contributed by atoms with E-state index in [4.69, 9.17) is 21.1 Å². The maximum Gasteiger partial charge on any atom is 0.312 e. The summed E-state index contributed by atoms with van der Waals surface area (Å²) in [6.45, 7) is 1.14. The Morgan fingerprint density at radius 1 is 1.39 bits per heavy atom. The van der Waals surface area contributed by atoms with Crippen molar-refractivity contribution in [2.75, 3.05) is 20.3 Å². The fraction of sp³-hybridized carbons (Fsp3) is 0.500. The maximum atomic E-state index is 12.1.